The number of thioether (sulfide) groups is 1. The van der Waals surface area contributed by atoms with Gasteiger partial charge < -0.3 is 20.1 Å². The molecule has 28 heavy (non-hydrogen) atoms. The third-order valence-corrected chi connectivity index (χ3v) is 5.08. The van der Waals surface area contributed by atoms with E-state index in [4.69, 9.17) is 9.47 Å². The molecule has 0 spiro atoms. The van der Waals surface area contributed by atoms with Crippen molar-refractivity contribution in [3.05, 3.63) is 18.2 Å². The van der Waals surface area contributed by atoms with E-state index in [1.165, 1.54) is 30.2 Å². The Hall–Kier alpha value is -2.53. The maximum Gasteiger partial charge on any atom is 0.321 e. The molecule has 0 atom stereocenters. The van der Waals surface area contributed by atoms with Gasteiger partial charge >= 0.3 is 6.03 Å². The van der Waals surface area contributed by atoms with E-state index >= 15 is 0 Å². The molecule has 3 amide bonds. The van der Waals surface area contributed by atoms with Crippen molar-refractivity contribution in [3.63, 3.8) is 0 Å². The number of hydrogen-bond donors (Lipinski definition) is 3. The van der Waals surface area contributed by atoms with Crippen molar-refractivity contribution >= 4 is 45.9 Å². The average Bonchev–Trinajstić information content (AvgIpc) is 3.05. The molecule has 2 rings (SSSR count). The topological polar surface area (TPSA) is 114 Å². The molecule has 0 saturated heterocycles. The molecular formula is C17H23N5O4S2. The van der Waals surface area contributed by atoms with Gasteiger partial charge in [0.25, 0.3) is 0 Å². The van der Waals surface area contributed by atoms with Gasteiger partial charge in [-0.05, 0) is 32.9 Å². The van der Waals surface area contributed by atoms with Gasteiger partial charge in [0.2, 0.25) is 11.0 Å². The Morgan fingerprint density at radius 2 is 1.82 bits per heavy atom. The fraction of sp³-hybridized carbons (Fsp3) is 0.412. The summed E-state index contributed by atoms with van der Waals surface area (Å²) in [6.07, 6.45) is 0. The van der Waals surface area contributed by atoms with Gasteiger partial charge in [0.1, 0.15) is 0 Å². The van der Waals surface area contributed by atoms with Crippen molar-refractivity contribution in [3.8, 4) is 11.5 Å². The predicted molar refractivity (Wildman–Crippen MR) is 111 cm³/mol. The number of nitrogens with one attached hydrogen (secondary N) is 3. The minimum Gasteiger partial charge on any atom is -0.493 e. The van der Waals surface area contributed by atoms with Gasteiger partial charge in [-0.15, -0.1) is 10.2 Å². The summed E-state index contributed by atoms with van der Waals surface area (Å²) in [5, 5.41) is 16.4. The molecule has 0 saturated carbocycles. The summed E-state index contributed by atoms with van der Waals surface area (Å²) in [4.78, 5) is 24.0. The number of carbonyl (C=O) groups excluding carboxylic acids is 2. The molecule has 3 N–H and O–H groups in total. The van der Waals surface area contributed by atoms with Gasteiger partial charge in [-0.3, -0.25) is 10.1 Å². The summed E-state index contributed by atoms with van der Waals surface area (Å²) in [5.41, 5.74) is 0.246. The zero-order valence-electron chi connectivity index (χ0n) is 16.3. The fourth-order valence-electron chi connectivity index (χ4n) is 2.03. The van der Waals surface area contributed by atoms with Crippen LogP contribution in [-0.2, 0) is 4.79 Å². The molecular weight excluding hydrogens is 402 g/mol. The lowest BCUT2D eigenvalue weighted by molar-refractivity contribution is -0.113. The lowest BCUT2D eigenvalue weighted by atomic mass is 10.1. The third kappa shape index (κ3) is 6.89. The summed E-state index contributed by atoms with van der Waals surface area (Å²) < 4.78 is 11.0. The largest absolute Gasteiger partial charge is 0.493 e. The lowest BCUT2D eigenvalue weighted by Gasteiger charge is -2.19. The van der Waals surface area contributed by atoms with Gasteiger partial charge in [0.15, 0.2) is 15.8 Å². The number of anilines is 2. The number of methoxy groups -OCH3 is 2. The normalized spacial score (nSPS) is 10.9. The Morgan fingerprint density at radius 1 is 1.11 bits per heavy atom. The van der Waals surface area contributed by atoms with Gasteiger partial charge in [-0.25, -0.2) is 4.79 Å². The molecule has 1 aromatic heterocycles. The molecule has 0 bridgehead atoms. The molecule has 0 radical (unpaired) electrons. The Kier molecular flexibility index (Phi) is 7.46. The van der Waals surface area contributed by atoms with Crippen LogP contribution in [0.3, 0.4) is 0 Å². The van der Waals surface area contributed by atoms with Crippen LogP contribution in [0, 0.1) is 0 Å². The highest BCUT2D eigenvalue weighted by molar-refractivity contribution is 8.01. The maximum atomic E-state index is 12.2. The first-order chi connectivity index (χ1) is 13.2. The van der Waals surface area contributed by atoms with E-state index in [2.05, 4.69) is 26.1 Å². The smallest absolute Gasteiger partial charge is 0.321 e. The van der Waals surface area contributed by atoms with Crippen LogP contribution in [0.2, 0.25) is 0 Å². The summed E-state index contributed by atoms with van der Waals surface area (Å²) in [7, 11) is 3.08. The van der Waals surface area contributed by atoms with E-state index in [0.717, 1.165) is 0 Å². The molecule has 0 aliphatic carbocycles. The van der Waals surface area contributed by atoms with E-state index < -0.39 is 0 Å². The molecule has 1 heterocycles. The Labute approximate surface area is 171 Å². The van der Waals surface area contributed by atoms with Crippen molar-refractivity contribution in [2.24, 2.45) is 0 Å². The molecule has 0 fully saturated rings. The van der Waals surface area contributed by atoms with Gasteiger partial charge in [-0.2, -0.15) is 0 Å². The second-order valence-electron chi connectivity index (χ2n) is 6.61. The molecule has 1 aromatic carbocycles. The highest BCUT2D eigenvalue weighted by atomic mass is 32.2. The number of carbonyl (C=O) groups is 2. The van der Waals surface area contributed by atoms with Crippen LogP contribution in [0.15, 0.2) is 22.5 Å². The molecule has 9 nitrogen and oxygen atoms in total. The van der Waals surface area contributed by atoms with E-state index in [1.54, 1.807) is 25.3 Å². The number of benzene rings is 1. The number of hydrogen-bond acceptors (Lipinski definition) is 8. The number of amides is 3. The number of nitrogens with zero attached hydrogens (tertiary/aromatic N) is 2. The minimum atomic E-state index is -0.355. The van der Waals surface area contributed by atoms with Crippen molar-refractivity contribution in [1.29, 1.82) is 0 Å². The van der Waals surface area contributed by atoms with Crippen LogP contribution in [0.5, 0.6) is 11.5 Å². The van der Waals surface area contributed by atoms with Gasteiger partial charge in [0.05, 0.1) is 20.0 Å². The van der Waals surface area contributed by atoms with E-state index in [-0.39, 0.29) is 23.2 Å². The van der Waals surface area contributed by atoms with Crippen LogP contribution in [0.4, 0.5) is 15.6 Å². The first kappa shape index (κ1) is 21.8. The Balaban J connectivity index is 1.85. The first-order valence-electron chi connectivity index (χ1n) is 8.27. The third-order valence-electron chi connectivity index (χ3n) is 3.11. The lowest BCUT2D eigenvalue weighted by Crippen LogP contribution is -2.43. The molecule has 11 heteroatoms. The molecule has 0 aliphatic rings. The number of ether oxygens (including phenoxy) is 2. The fourth-order valence-corrected chi connectivity index (χ4v) is 3.57. The van der Waals surface area contributed by atoms with Crippen molar-refractivity contribution in [1.82, 2.24) is 15.5 Å². The van der Waals surface area contributed by atoms with Crippen molar-refractivity contribution in [2.75, 3.05) is 30.6 Å². The molecule has 0 aliphatic heterocycles. The summed E-state index contributed by atoms with van der Waals surface area (Å²) in [6.45, 7) is 5.64. The van der Waals surface area contributed by atoms with Gasteiger partial charge in [0, 0.05) is 17.3 Å². The zero-order chi connectivity index (χ0) is 20.7. The van der Waals surface area contributed by atoms with Crippen molar-refractivity contribution in [2.45, 2.75) is 30.6 Å². The standard InChI is InChI=1S/C17H23N5O4S2/c1-17(2,3)20-14(24)19-15-21-22-16(28-15)27-9-13(23)18-10-6-7-11(25-4)12(8-10)26-5/h6-8H,9H2,1-5H3,(H,18,23)(H2,19,20,21,24). The quantitative estimate of drug-likeness (QED) is 0.461. The Morgan fingerprint density at radius 3 is 2.46 bits per heavy atom. The average molecular weight is 426 g/mol. The second-order valence-corrected chi connectivity index (χ2v) is 8.81. The van der Waals surface area contributed by atoms with E-state index in [1.807, 2.05) is 20.8 Å². The number of rotatable bonds is 7. The SMILES string of the molecule is COc1ccc(NC(=O)CSc2nnc(NC(=O)NC(C)(C)C)s2)cc1OC. The van der Waals surface area contributed by atoms with Gasteiger partial charge in [-0.1, -0.05) is 23.1 Å². The number of urea groups is 1. The predicted octanol–water partition coefficient (Wildman–Crippen LogP) is 3.21. The Bertz CT molecular complexity index is 835. The van der Waals surface area contributed by atoms with Crippen LogP contribution in [0.25, 0.3) is 0 Å². The monoisotopic (exact) mass is 425 g/mol. The minimum absolute atomic E-state index is 0.150. The zero-order valence-corrected chi connectivity index (χ0v) is 17.9. The summed E-state index contributed by atoms with van der Waals surface area (Å²) in [6, 6.07) is 4.77. The molecule has 0 unspecified atom stereocenters. The molecule has 152 valence electrons. The van der Waals surface area contributed by atoms with Crippen molar-refractivity contribution < 1.29 is 19.1 Å². The summed E-state index contributed by atoms with van der Waals surface area (Å²) >= 11 is 2.43. The van der Waals surface area contributed by atoms with Crippen LogP contribution in [-0.4, -0.2) is 47.6 Å². The van der Waals surface area contributed by atoms with Crippen LogP contribution >= 0.6 is 23.1 Å². The number of aromatic nitrogens is 2. The summed E-state index contributed by atoms with van der Waals surface area (Å²) in [5.74, 6) is 1.06. The first-order valence-corrected chi connectivity index (χ1v) is 10.1. The highest BCUT2D eigenvalue weighted by Gasteiger charge is 2.16. The molecule has 2 aromatic rings. The highest BCUT2D eigenvalue weighted by Crippen LogP contribution is 2.30. The van der Waals surface area contributed by atoms with Crippen LogP contribution < -0.4 is 25.4 Å². The van der Waals surface area contributed by atoms with E-state index in [0.29, 0.717) is 26.7 Å². The second kappa shape index (κ2) is 9.60. The maximum absolute atomic E-state index is 12.2. The van der Waals surface area contributed by atoms with Crippen LogP contribution in [0.1, 0.15) is 20.8 Å². The van der Waals surface area contributed by atoms with E-state index in [9.17, 15) is 9.59 Å².